The summed E-state index contributed by atoms with van der Waals surface area (Å²) in [4.78, 5) is 0. The lowest BCUT2D eigenvalue weighted by Crippen LogP contribution is -2.07. The van der Waals surface area contributed by atoms with Gasteiger partial charge < -0.3 is 5.32 Å². The maximum absolute atomic E-state index is 13.3. The highest BCUT2D eigenvalue weighted by Crippen LogP contribution is 2.34. The largest absolute Gasteiger partial charge is 0.370 e. The quantitative estimate of drug-likeness (QED) is 0.739. The Morgan fingerprint density at radius 3 is 2.50 bits per heavy atom. The van der Waals surface area contributed by atoms with Crippen molar-refractivity contribution in [2.24, 2.45) is 0 Å². The second kappa shape index (κ2) is 6.11. The molecule has 3 aromatic rings. The van der Waals surface area contributed by atoms with Crippen LogP contribution in [-0.2, 0) is 6.42 Å². The van der Waals surface area contributed by atoms with Gasteiger partial charge in [-0.15, -0.1) is 0 Å². The van der Waals surface area contributed by atoms with Crippen molar-refractivity contribution in [2.45, 2.75) is 26.2 Å². The van der Waals surface area contributed by atoms with Gasteiger partial charge in [0.05, 0.1) is 11.4 Å². The molecule has 0 radical (unpaired) electrons. The van der Waals surface area contributed by atoms with Gasteiger partial charge in [-0.05, 0) is 62.6 Å². The Labute approximate surface area is 141 Å². The number of anilines is 1. The molecule has 0 spiro atoms. The third kappa shape index (κ3) is 2.68. The summed E-state index contributed by atoms with van der Waals surface area (Å²) in [5.74, 6) is 0.844. The van der Waals surface area contributed by atoms with Crippen molar-refractivity contribution >= 4 is 5.82 Å². The first-order valence-electron chi connectivity index (χ1n) is 8.41. The van der Waals surface area contributed by atoms with Gasteiger partial charge in [0.15, 0.2) is 0 Å². The number of nitrogens with zero attached hydrogens (tertiary/aromatic N) is 2. The molecule has 1 N–H and O–H groups in total. The van der Waals surface area contributed by atoms with Gasteiger partial charge in [-0.1, -0.05) is 17.7 Å². The van der Waals surface area contributed by atoms with Gasteiger partial charge in [0.2, 0.25) is 0 Å². The average molecular weight is 321 g/mol. The van der Waals surface area contributed by atoms with E-state index in [1.54, 1.807) is 0 Å². The van der Waals surface area contributed by atoms with E-state index in [-0.39, 0.29) is 5.82 Å². The van der Waals surface area contributed by atoms with Crippen LogP contribution in [-0.4, -0.2) is 16.3 Å². The van der Waals surface area contributed by atoms with Crippen LogP contribution in [0.2, 0.25) is 0 Å². The zero-order valence-electron chi connectivity index (χ0n) is 13.7. The molecule has 24 heavy (non-hydrogen) atoms. The zero-order chi connectivity index (χ0) is 16.5. The monoisotopic (exact) mass is 321 g/mol. The first kappa shape index (κ1) is 14.9. The molecule has 0 bridgehead atoms. The van der Waals surface area contributed by atoms with Crippen LogP contribution in [0.4, 0.5) is 10.2 Å². The van der Waals surface area contributed by atoms with Crippen LogP contribution in [0, 0.1) is 12.7 Å². The molecule has 0 amide bonds. The Kier molecular flexibility index (Phi) is 3.81. The highest BCUT2D eigenvalue weighted by molar-refractivity contribution is 5.71. The Bertz CT molecular complexity index is 778. The summed E-state index contributed by atoms with van der Waals surface area (Å²) >= 11 is 0. The SMILES string of the molecule is Cc1ccc(-n2nc(-c3ccc(F)cc3)c3c2NCCCC3)cc1. The Balaban J connectivity index is 1.88. The van der Waals surface area contributed by atoms with Crippen molar-refractivity contribution in [3.8, 4) is 16.9 Å². The predicted octanol–water partition coefficient (Wildman–Crippen LogP) is 4.74. The lowest BCUT2D eigenvalue weighted by molar-refractivity contribution is 0.628. The van der Waals surface area contributed by atoms with Crippen molar-refractivity contribution in [1.82, 2.24) is 9.78 Å². The minimum absolute atomic E-state index is 0.221. The normalized spacial score (nSPS) is 13.9. The molecule has 0 fully saturated rings. The molecule has 122 valence electrons. The lowest BCUT2D eigenvalue weighted by atomic mass is 10.0. The van der Waals surface area contributed by atoms with E-state index in [1.165, 1.54) is 23.3 Å². The van der Waals surface area contributed by atoms with Crippen molar-refractivity contribution < 1.29 is 4.39 Å². The molecule has 1 aliphatic rings. The van der Waals surface area contributed by atoms with Crippen LogP contribution in [0.5, 0.6) is 0 Å². The van der Waals surface area contributed by atoms with Gasteiger partial charge >= 0.3 is 0 Å². The maximum atomic E-state index is 13.3. The van der Waals surface area contributed by atoms with E-state index in [9.17, 15) is 4.39 Å². The fourth-order valence-corrected chi connectivity index (χ4v) is 3.21. The highest BCUT2D eigenvalue weighted by Gasteiger charge is 2.21. The lowest BCUT2D eigenvalue weighted by Gasteiger charge is -2.09. The number of halogens is 1. The van der Waals surface area contributed by atoms with Gasteiger partial charge in [-0.25, -0.2) is 9.07 Å². The zero-order valence-corrected chi connectivity index (χ0v) is 13.7. The standard InChI is InChI=1S/C20H20FN3/c1-14-5-11-17(12-6-14)24-20-18(4-2-3-13-22-20)19(23-24)15-7-9-16(21)10-8-15/h5-12,22H,2-4,13H2,1H3. The van der Waals surface area contributed by atoms with Crippen molar-refractivity contribution in [3.63, 3.8) is 0 Å². The van der Waals surface area contributed by atoms with Crippen molar-refractivity contribution in [2.75, 3.05) is 11.9 Å². The third-order valence-corrected chi connectivity index (χ3v) is 4.53. The molecule has 1 aromatic heterocycles. The minimum Gasteiger partial charge on any atom is -0.370 e. The smallest absolute Gasteiger partial charge is 0.133 e. The molecule has 4 heteroatoms. The van der Waals surface area contributed by atoms with Gasteiger partial charge in [0, 0.05) is 17.7 Å². The fraction of sp³-hybridized carbons (Fsp3) is 0.250. The number of nitrogens with one attached hydrogen (secondary N) is 1. The summed E-state index contributed by atoms with van der Waals surface area (Å²) in [7, 11) is 0. The fourth-order valence-electron chi connectivity index (χ4n) is 3.21. The molecule has 3 nitrogen and oxygen atoms in total. The first-order valence-corrected chi connectivity index (χ1v) is 8.41. The van der Waals surface area contributed by atoms with Gasteiger partial charge in [0.25, 0.3) is 0 Å². The van der Waals surface area contributed by atoms with Crippen molar-refractivity contribution in [3.05, 3.63) is 65.5 Å². The van der Waals surface area contributed by atoms with Gasteiger partial charge in [-0.2, -0.15) is 5.10 Å². The Morgan fingerprint density at radius 1 is 1.00 bits per heavy atom. The molecule has 4 rings (SSSR count). The number of hydrogen-bond acceptors (Lipinski definition) is 2. The van der Waals surface area contributed by atoms with E-state index in [0.29, 0.717) is 0 Å². The summed E-state index contributed by atoms with van der Waals surface area (Å²) in [5, 5.41) is 8.40. The van der Waals surface area contributed by atoms with E-state index in [2.05, 4.69) is 36.5 Å². The van der Waals surface area contributed by atoms with Crippen LogP contribution in [0.25, 0.3) is 16.9 Å². The molecule has 2 aromatic carbocycles. The molecule has 0 unspecified atom stereocenters. The minimum atomic E-state index is -0.221. The van der Waals surface area contributed by atoms with Crippen LogP contribution in [0.3, 0.4) is 0 Å². The van der Waals surface area contributed by atoms with E-state index >= 15 is 0 Å². The molecule has 1 aliphatic heterocycles. The van der Waals surface area contributed by atoms with Crippen LogP contribution < -0.4 is 5.32 Å². The second-order valence-corrected chi connectivity index (χ2v) is 6.31. The topological polar surface area (TPSA) is 29.9 Å². The number of hydrogen-bond donors (Lipinski definition) is 1. The van der Waals surface area contributed by atoms with E-state index in [4.69, 9.17) is 5.10 Å². The Hall–Kier alpha value is -2.62. The molecular formula is C20H20FN3. The van der Waals surface area contributed by atoms with Crippen molar-refractivity contribution in [1.29, 1.82) is 0 Å². The summed E-state index contributed by atoms with van der Waals surface area (Å²) in [6.45, 7) is 3.03. The number of benzene rings is 2. The highest BCUT2D eigenvalue weighted by atomic mass is 19.1. The molecule has 0 saturated heterocycles. The molecular weight excluding hydrogens is 301 g/mol. The Morgan fingerprint density at radius 2 is 1.75 bits per heavy atom. The number of fused-ring (bicyclic) bond motifs is 1. The van der Waals surface area contributed by atoms with Crippen LogP contribution in [0.15, 0.2) is 48.5 Å². The van der Waals surface area contributed by atoms with E-state index in [0.717, 1.165) is 48.6 Å². The van der Waals surface area contributed by atoms with Crippen LogP contribution in [0.1, 0.15) is 24.0 Å². The van der Waals surface area contributed by atoms with Gasteiger partial charge in [-0.3, -0.25) is 0 Å². The summed E-state index contributed by atoms with van der Waals surface area (Å²) in [6, 6.07) is 15.0. The molecule has 2 heterocycles. The second-order valence-electron chi connectivity index (χ2n) is 6.31. The maximum Gasteiger partial charge on any atom is 0.133 e. The molecule has 0 atom stereocenters. The summed E-state index contributed by atoms with van der Waals surface area (Å²) in [5.41, 5.74) is 5.39. The number of rotatable bonds is 2. The predicted molar refractivity (Wildman–Crippen MR) is 95.1 cm³/mol. The number of aromatic nitrogens is 2. The molecule has 0 aliphatic carbocycles. The van der Waals surface area contributed by atoms with E-state index in [1.807, 2.05) is 16.8 Å². The average Bonchev–Trinajstić information content (AvgIpc) is 2.78. The van der Waals surface area contributed by atoms with Gasteiger partial charge in [0.1, 0.15) is 11.6 Å². The summed E-state index contributed by atoms with van der Waals surface area (Å²) in [6.07, 6.45) is 3.26. The summed E-state index contributed by atoms with van der Waals surface area (Å²) < 4.78 is 15.3. The number of aryl methyl sites for hydroxylation is 1. The third-order valence-electron chi connectivity index (χ3n) is 4.53. The van der Waals surface area contributed by atoms with Crippen LogP contribution >= 0.6 is 0 Å². The molecule has 0 saturated carbocycles. The van der Waals surface area contributed by atoms with E-state index < -0.39 is 0 Å². The first-order chi connectivity index (χ1) is 11.7.